The minimum Gasteiger partial charge on any atom is -0.344 e. The molecule has 0 radical (unpaired) electrons. The molecule has 2 aromatic rings. The Morgan fingerprint density at radius 2 is 2.24 bits per heavy atom. The SMILES string of the molecule is C[C@@H](NC(=O)c1cn(C2CNC2)nn1)c1ccccc1Cl. The molecule has 21 heavy (non-hydrogen) atoms. The number of aromatic nitrogens is 3. The number of amides is 1. The van der Waals surface area contributed by atoms with E-state index in [-0.39, 0.29) is 11.9 Å². The van der Waals surface area contributed by atoms with Crippen LogP contribution in [0.15, 0.2) is 30.5 Å². The first kappa shape index (κ1) is 14.0. The average molecular weight is 306 g/mol. The van der Waals surface area contributed by atoms with Gasteiger partial charge in [-0.3, -0.25) is 4.79 Å². The summed E-state index contributed by atoms with van der Waals surface area (Å²) < 4.78 is 1.73. The zero-order chi connectivity index (χ0) is 14.8. The van der Waals surface area contributed by atoms with E-state index in [0.717, 1.165) is 18.7 Å². The maximum Gasteiger partial charge on any atom is 0.273 e. The van der Waals surface area contributed by atoms with Crippen LogP contribution >= 0.6 is 11.6 Å². The molecule has 1 atom stereocenters. The van der Waals surface area contributed by atoms with Gasteiger partial charge in [0.05, 0.1) is 18.3 Å². The molecule has 0 bridgehead atoms. The number of hydrogen-bond donors (Lipinski definition) is 2. The average Bonchev–Trinajstić information content (AvgIpc) is 2.86. The van der Waals surface area contributed by atoms with Crippen molar-refractivity contribution in [2.24, 2.45) is 0 Å². The van der Waals surface area contributed by atoms with Gasteiger partial charge in [0.1, 0.15) is 0 Å². The standard InChI is InChI=1S/C14H16ClN5O/c1-9(11-4-2-3-5-12(11)15)17-14(21)13-8-20(19-18-13)10-6-16-7-10/h2-5,8-10,16H,6-7H2,1H3,(H,17,21)/t9-/m1/s1. The third-order valence-corrected chi connectivity index (χ3v) is 3.94. The van der Waals surface area contributed by atoms with Crippen molar-refractivity contribution in [2.75, 3.05) is 13.1 Å². The molecule has 1 aromatic carbocycles. The Balaban J connectivity index is 1.68. The highest BCUT2D eigenvalue weighted by molar-refractivity contribution is 6.31. The van der Waals surface area contributed by atoms with Crippen LogP contribution in [0.3, 0.4) is 0 Å². The van der Waals surface area contributed by atoms with Gasteiger partial charge in [-0.15, -0.1) is 5.10 Å². The number of carbonyl (C=O) groups excluding carboxylic acids is 1. The van der Waals surface area contributed by atoms with Crippen molar-refractivity contribution in [1.82, 2.24) is 25.6 Å². The Bertz CT molecular complexity index is 652. The molecule has 1 aliphatic rings. The molecule has 2 N–H and O–H groups in total. The summed E-state index contributed by atoms with van der Waals surface area (Å²) in [6, 6.07) is 7.55. The molecule has 1 aliphatic heterocycles. The quantitative estimate of drug-likeness (QED) is 0.899. The highest BCUT2D eigenvalue weighted by Crippen LogP contribution is 2.22. The molecule has 0 aliphatic carbocycles. The number of hydrogen-bond acceptors (Lipinski definition) is 4. The van der Waals surface area contributed by atoms with Gasteiger partial charge in [0, 0.05) is 18.1 Å². The summed E-state index contributed by atoms with van der Waals surface area (Å²) in [7, 11) is 0. The van der Waals surface area contributed by atoms with Gasteiger partial charge in [-0.2, -0.15) is 0 Å². The van der Waals surface area contributed by atoms with Crippen molar-refractivity contribution >= 4 is 17.5 Å². The molecule has 110 valence electrons. The summed E-state index contributed by atoms with van der Waals surface area (Å²) in [5.41, 5.74) is 1.20. The molecule has 7 heteroatoms. The molecule has 1 fully saturated rings. The predicted octanol–water partition coefficient (Wildman–Crippen LogP) is 1.57. The highest BCUT2D eigenvalue weighted by Gasteiger charge is 2.22. The van der Waals surface area contributed by atoms with Crippen LogP contribution < -0.4 is 10.6 Å². The zero-order valence-electron chi connectivity index (χ0n) is 11.6. The number of nitrogens with one attached hydrogen (secondary N) is 2. The Hall–Kier alpha value is -1.92. The number of carbonyl (C=O) groups is 1. The molecular weight excluding hydrogens is 290 g/mol. The summed E-state index contributed by atoms with van der Waals surface area (Å²) in [4.78, 5) is 12.2. The second-order valence-electron chi connectivity index (χ2n) is 5.11. The predicted molar refractivity (Wildman–Crippen MR) is 79.3 cm³/mol. The lowest BCUT2D eigenvalue weighted by Crippen LogP contribution is -2.43. The summed E-state index contributed by atoms with van der Waals surface area (Å²) in [6.07, 6.45) is 1.68. The summed E-state index contributed by atoms with van der Waals surface area (Å²) in [5, 5.41) is 14.6. The van der Waals surface area contributed by atoms with Crippen molar-refractivity contribution in [3.05, 3.63) is 46.7 Å². The Kier molecular flexibility index (Phi) is 3.90. The van der Waals surface area contributed by atoms with Crippen LogP contribution in [0.25, 0.3) is 0 Å². The highest BCUT2D eigenvalue weighted by atomic mass is 35.5. The molecular formula is C14H16ClN5O. The van der Waals surface area contributed by atoms with Crippen LogP contribution in [0, 0.1) is 0 Å². The number of halogens is 1. The smallest absolute Gasteiger partial charge is 0.273 e. The zero-order valence-corrected chi connectivity index (χ0v) is 12.3. The van der Waals surface area contributed by atoms with Crippen molar-refractivity contribution in [3.63, 3.8) is 0 Å². The minimum atomic E-state index is -0.249. The van der Waals surface area contributed by atoms with Crippen LogP contribution in [0.2, 0.25) is 5.02 Å². The topological polar surface area (TPSA) is 71.8 Å². The lowest BCUT2D eigenvalue weighted by atomic mass is 10.1. The molecule has 0 saturated carbocycles. The fraction of sp³-hybridized carbons (Fsp3) is 0.357. The van der Waals surface area contributed by atoms with Gasteiger partial charge in [-0.25, -0.2) is 4.68 Å². The van der Waals surface area contributed by atoms with E-state index in [1.165, 1.54) is 0 Å². The van der Waals surface area contributed by atoms with E-state index in [0.29, 0.717) is 16.8 Å². The Morgan fingerprint density at radius 1 is 1.48 bits per heavy atom. The number of rotatable bonds is 4. The fourth-order valence-electron chi connectivity index (χ4n) is 2.19. The maximum atomic E-state index is 12.2. The van der Waals surface area contributed by atoms with Crippen molar-refractivity contribution < 1.29 is 4.79 Å². The fourth-order valence-corrected chi connectivity index (χ4v) is 2.49. The van der Waals surface area contributed by atoms with Gasteiger partial charge in [0.25, 0.3) is 5.91 Å². The lowest BCUT2D eigenvalue weighted by Gasteiger charge is -2.26. The maximum absolute atomic E-state index is 12.2. The molecule has 1 aromatic heterocycles. The summed E-state index contributed by atoms with van der Waals surface area (Å²) in [6.45, 7) is 3.61. The van der Waals surface area contributed by atoms with Crippen LogP contribution in [0.5, 0.6) is 0 Å². The van der Waals surface area contributed by atoms with Crippen molar-refractivity contribution in [2.45, 2.75) is 19.0 Å². The Labute approximate surface area is 127 Å². The molecule has 1 saturated heterocycles. The van der Waals surface area contributed by atoms with Crippen molar-refractivity contribution in [3.8, 4) is 0 Å². The van der Waals surface area contributed by atoms with Gasteiger partial charge in [-0.05, 0) is 18.6 Å². The van der Waals surface area contributed by atoms with Crippen LogP contribution in [0.4, 0.5) is 0 Å². The van der Waals surface area contributed by atoms with E-state index >= 15 is 0 Å². The van der Waals surface area contributed by atoms with Gasteiger partial charge < -0.3 is 10.6 Å². The third kappa shape index (κ3) is 2.91. The minimum absolute atomic E-state index is 0.193. The molecule has 6 nitrogen and oxygen atoms in total. The van der Waals surface area contributed by atoms with Crippen LogP contribution in [-0.4, -0.2) is 34.0 Å². The lowest BCUT2D eigenvalue weighted by molar-refractivity contribution is 0.0934. The molecule has 2 heterocycles. The molecule has 3 rings (SSSR count). The van der Waals surface area contributed by atoms with E-state index in [1.54, 1.807) is 16.9 Å². The first-order valence-electron chi connectivity index (χ1n) is 6.83. The number of nitrogens with zero attached hydrogens (tertiary/aromatic N) is 3. The van der Waals surface area contributed by atoms with E-state index < -0.39 is 0 Å². The van der Waals surface area contributed by atoms with Gasteiger partial charge in [-0.1, -0.05) is 35.0 Å². The van der Waals surface area contributed by atoms with Crippen LogP contribution in [0.1, 0.15) is 35.1 Å². The monoisotopic (exact) mass is 305 g/mol. The molecule has 1 amide bonds. The van der Waals surface area contributed by atoms with Gasteiger partial charge in [0.15, 0.2) is 5.69 Å². The normalized spacial score (nSPS) is 16.3. The summed E-state index contributed by atoms with van der Waals surface area (Å²) >= 11 is 6.13. The van der Waals surface area contributed by atoms with Crippen LogP contribution in [-0.2, 0) is 0 Å². The van der Waals surface area contributed by atoms with Gasteiger partial charge in [0.2, 0.25) is 0 Å². The van der Waals surface area contributed by atoms with E-state index in [2.05, 4.69) is 20.9 Å². The molecule has 0 spiro atoms. The van der Waals surface area contributed by atoms with Gasteiger partial charge >= 0.3 is 0 Å². The Morgan fingerprint density at radius 3 is 2.90 bits per heavy atom. The largest absolute Gasteiger partial charge is 0.344 e. The molecule has 0 unspecified atom stereocenters. The second-order valence-corrected chi connectivity index (χ2v) is 5.52. The summed E-state index contributed by atoms with van der Waals surface area (Å²) in [5.74, 6) is -0.249. The first-order chi connectivity index (χ1) is 10.1. The first-order valence-corrected chi connectivity index (χ1v) is 7.21. The van der Waals surface area contributed by atoms with E-state index in [1.807, 2.05) is 25.1 Å². The van der Waals surface area contributed by atoms with E-state index in [4.69, 9.17) is 11.6 Å². The van der Waals surface area contributed by atoms with Crippen molar-refractivity contribution in [1.29, 1.82) is 0 Å². The second kappa shape index (κ2) is 5.83. The third-order valence-electron chi connectivity index (χ3n) is 3.60. The number of benzene rings is 1. The van der Waals surface area contributed by atoms with E-state index in [9.17, 15) is 4.79 Å².